The lowest BCUT2D eigenvalue weighted by Crippen LogP contribution is -2.31. The molecule has 0 radical (unpaired) electrons. The minimum Gasteiger partial charge on any atom is -0.384 e. The first-order valence-corrected chi connectivity index (χ1v) is 9.11. The highest BCUT2D eigenvalue weighted by Gasteiger charge is 2.19. The summed E-state index contributed by atoms with van der Waals surface area (Å²) in [6.07, 6.45) is 4.98. The van der Waals surface area contributed by atoms with Gasteiger partial charge in [0.1, 0.15) is 17.0 Å². The number of amides is 1. The quantitative estimate of drug-likeness (QED) is 0.537. The lowest BCUT2D eigenvalue weighted by Gasteiger charge is -2.18. The molecule has 0 bridgehead atoms. The fraction of sp³-hybridized carbons (Fsp3) is 0.412. The molecule has 7 nitrogen and oxygen atoms in total. The van der Waals surface area contributed by atoms with E-state index < -0.39 is 5.60 Å². The highest BCUT2D eigenvalue weighted by Crippen LogP contribution is 2.24. The van der Waals surface area contributed by atoms with Gasteiger partial charge in [-0.25, -0.2) is 9.97 Å². The molecule has 0 atom stereocenters. The van der Waals surface area contributed by atoms with Crippen LogP contribution in [0.3, 0.4) is 0 Å². The largest absolute Gasteiger partial charge is 0.384 e. The second kappa shape index (κ2) is 7.79. The Labute approximate surface area is 151 Å². The summed E-state index contributed by atoms with van der Waals surface area (Å²) >= 11 is 1.39. The van der Waals surface area contributed by atoms with Crippen LogP contribution in [0.1, 0.15) is 43.7 Å². The summed E-state index contributed by atoms with van der Waals surface area (Å²) in [7, 11) is 0. The van der Waals surface area contributed by atoms with Crippen LogP contribution in [0.15, 0.2) is 29.7 Å². The Bertz CT molecular complexity index is 759. The van der Waals surface area contributed by atoms with Gasteiger partial charge in [0, 0.05) is 24.1 Å². The Hall–Kier alpha value is -2.19. The van der Waals surface area contributed by atoms with Crippen LogP contribution < -0.4 is 10.6 Å². The summed E-state index contributed by atoms with van der Waals surface area (Å²) in [5.41, 5.74) is 0.487. The number of aromatic nitrogens is 3. The van der Waals surface area contributed by atoms with Crippen molar-refractivity contribution in [1.82, 2.24) is 20.3 Å². The number of rotatable bonds is 6. The molecule has 2 rings (SSSR count). The van der Waals surface area contributed by atoms with E-state index in [1.165, 1.54) is 18.0 Å². The summed E-state index contributed by atoms with van der Waals surface area (Å²) in [4.78, 5) is 25.2. The molecule has 2 aromatic rings. The van der Waals surface area contributed by atoms with Crippen molar-refractivity contribution in [2.45, 2.75) is 44.5 Å². The Balaban J connectivity index is 2.39. The molecule has 0 saturated heterocycles. The van der Waals surface area contributed by atoms with Gasteiger partial charge in [-0.05, 0) is 46.1 Å². The highest BCUT2D eigenvalue weighted by molar-refractivity contribution is 7.98. The summed E-state index contributed by atoms with van der Waals surface area (Å²) in [6, 6.07) is 3.48. The lowest BCUT2D eigenvalue weighted by atomic mass is 10.0. The third-order valence-electron chi connectivity index (χ3n) is 3.26. The van der Waals surface area contributed by atoms with Crippen molar-refractivity contribution in [2.75, 3.05) is 11.6 Å². The molecule has 0 aromatic carbocycles. The Morgan fingerprint density at radius 1 is 1.32 bits per heavy atom. The van der Waals surface area contributed by atoms with Crippen LogP contribution in [0.2, 0.25) is 0 Å². The van der Waals surface area contributed by atoms with Crippen LogP contribution in [-0.4, -0.2) is 38.3 Å². The normalized spacial score (nSPS) is 11.5. The number of aliphatic hydroxyl groups is 1. The second-order valence-electron chi connectivity index (χ2n) is 6.36. The van der Waals surface area contributed by atoms with Crippen molar-refractivity contribution in [3.63, 3.8) is 0 Å². The van der Waals surface area contributed by atoms with E-state index in [2.05, 4.69) is 25.6 Å². The molecule has 2 aromatic heterocycles. The van der Waals surface area contributed by atoms with Gasteiger partial charge in [0.25, 0.3) is 5.91 Å². The van der Waals surface area contributed by atoms with Crippen molar-refractivity contribution >= 4 is 29.2 Å². The molecular formula is C17H23N5O2S. The van der Waals surface area contributed by atoms with E-state index in [1.807, 2.05) is 20.1 Å². The van der Waals surface area contributed by atoms with Crippen LogP contribution in [-0.2, 0) is 5.60 Å². The van der Waals surface area contributed by atoms with Crippen molar-refractivity contribution in [3.05, 3.63) is 35.8 Å². The maximum Gasteiger partial charge on any atom is 0.256 e. The zero-order chi connectivity index (χ0) is 18.6. The number of nitrogens with zero attached hydrogens (tertiary/aromatic N) is 3. The zero-order valence-corrected chi connectivity index (χ0v) is 15.8. The van der Waals surface area contributed by atoms with Gasteiger partial charge in [0.05, 0.1) is 5.69 Å². The molecule has 0 unspecified atom stereocenters. The molecule has 0 spiro atoms. The predicted molar refractivity (Wildman–Crippen MR) is 99.2 cm³/mol. The van der Waals surface area contributed by atoms with E-state index in [-0.39, 0.29) is 11.9 Å². The van der Waals surface area contributed by atoms with Gasteiger partial charge in [-0.2, -0.15) is 0 Å². The molecule has 25 heavy (non-hydrogen) atoms. The van der Waals surface area contributed by atoms with Crippen LogP contribution >= 0.6 is 11.8 Å². The van der Waals surface area contributed by atoms with Crippen LogP contribution in [0, 0.1) is 0 Å². The van der Waals surface area contributed by atoms with E-state index in [4.69, 9.17) is 0 Å². The maximum atomic E-state index is 12.4. The second-order valence-corrected chi connectivity index (χ2v) is 7.13. The molecule has 0 aliphatic carbocycles. The summed E-state index contributed by atoms with van der Waals surface area (Å²) in [5.74, 6) is 0.160. The van der Waals surface area contributed by atoms with Gasteiger partial charge < -0.3 is 15.7 Å². The first kappa shape index (κ1) is 19.1. The van der Waals surface area contributed by atoms with Gasteiger partial charge in [0.2, 0.25) is 0 Å². The predicted octanol–water partition coefficient (Wildman–Crippen LogP) is 2.70. The van der Waals surface area contributed by atoms with E-state index in [0.717, 1.165) is 0 Å². The number of nitrogens with one attached hydrogen (secondary N) is 2. The standard InChI is InChI=1S/C17H23N5O2S/c1-10(2)20-15(23)12-9-19-16(25-5)22-14(12)21-11-6-7-18-13(8-11)17(3,4)24/h6-10,24H,1-5H3,(H,20,23)(H,18,19,21,22). The van der Waals surface area contributed by atoms with E-state index in [1.54, 1.807) is 32.2 Å². The van der Waals surface area contributed by atoms with Gasteiger partial charge in [0.15, 0.2) is 5.16 Å². The Morgan fingerprint density at radius 2 is 2.04 bits per heavy atom. The Morgan fingerprint density at radius 3 is 2.64 bits per heavy atom. The minimum atomic E-state index is -1.06. The number of anilines is 2. The van der Waals surface area contributed by atoms with E-state index >= 15 is 0 Å². The zero-order valence-electron chi connectivity index (χ0n) is 15.0. The molecule has 134 valence electrons. The molecule has 8 heteroatoms. The average molecular weight is 361 g/mol. The monoisotopic (exact) mass is 361 g/mol. The van der Waals surface area contributed by atoms with Crippen LogP contribution in [0.4, 0.5) is 11.5 Å². The smallest absolute Gasteiger partial charge is 0.256 e. The van der Waals surface area contributed by atoms with Crippen molar-refractivity contribution < 1.29 is 9.90 Å². The molecule has 3 N–H and O–H groups in total. The molecule has 2 heterocycles. The topological polar surface area (TPSA) is 100 Å². The third kappa shape index (κ3) is 5.14. The molecule has 1 amide bonds. The van der Waals surface area contributed by atoms with Crippen molar-refractivity contribution in [3.8, 4) is 0 Å². The summed E-state index contributed by atoms with van der Waals surface area (Å²) < 4.78 is 0. The molecule has 0 aliphatic heterocycles. The SMILES string of the molecule is CSc1ncc(C(=O)NC(C)C)c(Nc2ccnc(C(C)(C)O)c2)n1. The number of hydrogen-bond donors (Lipinski definition) is 3. The van der Waals surface area contributed by atoms with Gasteiger partial charge in [-0.15, -0.1) is 0 Å². The van der Waals surface area contributed by atoms with Crippen molar-refractivity contribution in [2.24, 2.45) is 0 Å². The summed E-state index contributed by atoms with van der Waals surface area (Å²) in [6.45, 7) is 7.11. The molecule has 0 aliphatic rings. The number of thioether (sulfide) groups is 1. The maximum absolute atomic E-state index is 12.4. The fourth-order valence-electron chi connectivity index (χ4n) is 2.04. The highest BCUT2D eigenvalue weighted by atomic mass is 32.2. The molecule has 0 saturated carbocycles. The molecular weight excluding hydrogens is 338 g/mol. The fourth-order valence-corrected chi connectivity index (χ4v) is 2.39. The third-order valence-corrected chi connectivity index (χ3v) is 3.82. The van der Waals surface area contributed by atoms with Crippen LogP contribution in [0.5, 0.6) is 0 Å². The Kier molecular flexibility index (Phi) is 5.97. The number of hydrogen-bond acceptors (Lipinski definition) is 7. The number of carbonyl (C=O) groups is 1. The average Bonchev–Trinajstić information content (AvgIpc) is 2.53. The summed E-state index contributed by atoms with van der Waals surface area (Å²) in [5, 5.41) is 16.7. The van der Waals surface area contributed by atoms with E-state index in [0.29, 0.717) is 27.9 Å². The van der Waals surface area contributed by atoms with Gasteiger partial charge in [-0.3, -0.25) is 9.78 Å². The lowest BCUT2D eigenvalue weighted by molar-refractivity contribution is 0.0739. The van der Waals surface area contributed by atoms with Crippen LogP contribution in [0.25, 0.3) is 0 Å². The first-order chi connectivity index (χ1) is 11.7. The van der Waals surface area contributed by atoms with Crippen molar-refractivity contribution in [1.29, 1.82) is 0 Å². The van der Waals surface area contributed by atoms with E-state index in [9.17, 15) is 9.90 Å². The number of carbonyl (C=O) groups excluding carboxylic acids is 1. The molecule has 0 fully saturated rings. The number of pyridine rings is 1. The van der Waals surface area contributed by atoms with Gasteiger partial charge >= 0.3 is 0 Å². The first-order valence-electron chi connectivity index (χ1n) is 7.88. The minimum absolute atomic E-state index is 0.00305. The van der Waals surface area contributed by atoms with Gasteiger partial charge in [-0.1, -0.05) is 11.8 Å².